The van der Waals surface area contributed by atoms with Gasteiger partial charge >= 0.3 is 18.0 Å². The van der Waals surface area contributed by atoms with Crippen molar-refractivity contribution in [1.82, 2.24) is 0 Å². The molecule has 0 saturated heterocycles. The van der Waals surface area contributed by atoms with Crippen LogP contribution in [0.5, 0.6) is 0 Å². The van der Waals surface area contributed by atoms with E-state index in [0.29, 0.717) is 4.47 Å². The number of hydrogen-bond acceptors (Lipinski definition) is 1. The van der Waals surface area contributed by atoms with E-state index in [1.54, 1.807) is 0 Å². The second-order valence-electron chi connectivity index (χ2n) is 4.07. The molecule has 0 radical (unpaired) electrons. The molecule has 0 aliphatic rings. The predicted molar refractivity (Wildman–Crippen MR) is 59.7 cm³/mol. The van der Waals surface area contributed by atoms with Gasteiger partial charge in [0.25, 0.3) is 0 Å². The van der Waals surface area contributed by atoms with Crippen molar-refractivity contribution in [1.29, 1.82) is 0 Å². The first-order valence-corrected chi connectivity index (χ1v) is 5.93. The zero-order valence-electron chi connectivity index (χ0n) is 9.56. The number of benzene rings is 1. The summed E-state index contributed by atoms with van der Waals surface area (Å²) in [7, 11) is 0. The average Bonchev–Trinajstić information content (AvgIpc) is 2.25. The van der Waals surface area contributed by atoms with Gasteiger partial charge < -0.3 is 5.11 Å². The second kappa shape index (κ2) is 5.51. The highest BCUT2D eigenvalue weighted by atomic mass is 79.9. The summed E-state index contributed by atoms with van der Waals surface area (Å²) in [6.07, 6.45) is -16.7. The molecule has 0 heterocycles. The summed E-state index contributed by atoms with van der Waals surface area (Å²) in [6.45, 7) is 0. The summed E-state index contributed by atoms with van der Waals surface area (Å²) < 4.78 is 87.8. The second-order valence-corrected chi connectivity index (χ2v) is 4.99. The molecule has 1 aromatic carbocycles. The van der Waals surface area contributed by atoms with Crippen LogP contribution in [-0.4, -0.2) is 23.1 Å². The Labute approximate surface area is 117 Å². The summed E-state index contributed by atoms with van der Waals surface area (Å²) in [4.78, 5) is 0. The lowest BCUT2D eigenvalue weighted by atomic mass is 9.93. The minimum absolute atomic E-state index is 0.255. The molecule has 0 aliphatic carbocycles. The van der Waals surface area contributed by atoms with Crippen LogP contribution in [0.15, 0.2) is 28.7 Å². The monoisotopic (exact) mass is 368 g/mol. The Balaban J connectivity index is 3.09. The summed E-state index contributed by atoms with van der Waals surface area (Å²) in [6, 6.07) is 4.95. The summed E-state index contributed by atoms with van der Waals surface area (Å²) in [5, 5.41) is 9.45. The molecule has 20 heavy (non-hydrogen) atoms. The van der Waals surface area contributed by atoms with E-state index in [1.807, 2.05) is 0 Å². The minimum atomic E-state index is -6.17. The quantitative estimate of drug-likeness (QED) is 0.766. The van der Waals surface area contributed by atoms with Crippen molar-refractivity contribution in [2.45, 2.75) is 30.5 Å². The van der Waals surface area contributed by atoms with Gasteiger partial charge in [0.1, 0.15) is 0 Å². The van der Waals surface area contributed by atoms with Gasteiger partial charge in [0.15, 0.2) is 0 Å². The fraction of sp³-hybridized carbons (Fsp3) is 0.455. The standard InChI is InChI=1S/C11H8BrF7O/c12-7-3-1-2-6(4-7)8(20)5-9(13,10(14,15)16)11(17,18)19/h1-4,8,20H,5H2. The van der Waals surface area contributed by atoms with Crippen molar-refractivity contribution >= 4 is 15.9 Å². The molecule has 1 unspecified atom stereocenters. The van der Waals surface area contributed by atoms with Crippen LogP contribution in [0, 0.1) is 0 Å². The Morgan fingerprint density at radius 2 is 1.50 bits per heavy atom. The highest BCUT2D eigenvalue weighted by Gasteiger charge is 2.72. The molecule has 1 aromatic rings. The van der Waals surface area contributed by atoms with Crippen LogP contribution < -0.4 is 0 Å². The van der Waals surface area contributed by atoms with Crippen molar-refractivity contribution in [2.75, 3.05) is 0 Å². The zero-order chi connectivity index (χ0) is 15.8. The van der Waals surface area contributed by atoms with Crippen LogP contribution in [0.25, 0.3) is 0 Å². The van der Waals surface area contributed by atoms with E-state index >= 15 is 0 Å². The average molecular weight is 369 g/mol. The van der Waals surface area contributed by atoms with Gasteiger partial charge in [0, 0.05) is 10.9 Å². The molecule has 1 nitrogen and oxygen atoms in total. The van der Waals surface area contributed by atoms with Crippen LogP contribution in [0.1, 0.15) is 18.1 Å². The molecule has 0 fully saturated rings. The molecule has 0 spiro atoms. The van der Waals surface area contributed by atoms with Crippen molar-refractivity contribution < 1.29 is 35.8 Å². The van der Waals surface area contributed by atoms with Crippen LogP contribution in [0.2, 0.25) is 0 Å². The summed E-state index contributed by atoms with van der Waals surface area (Å²) in [5.74, 6) is 0. The third-order valence-corrected chi connectivity index (χ3v) is 3.10. The molecule has 0 bridgehead atoms. The lowest BCUT2D eigenvalue weighted by Crippen LogP contribution is -2.54. The van der Waals surface area contributed by atoms with E-state index in [1.165, 1.54) is 12.1 Å². The van der Waals surface area contributed by atoms with Gasteiger partial charge in [-0.05, 0) is 17.7 Å². The Kier molecular flexibility index (Phi) is 4.75. The Morgan fingerprint density at radius 1 is 1.00 bits per heavy atom. The lowest BCUT2D eigenvalue weighted by Gasteiger charge is -2.31. The number of alkyl halides is 7. The molecular formula is C11H8BrF7O. The lowest BCUT2D eigenvalue weighted by molar-refractivity contribution is -0.347. The maximum absolute atomic E-state index is 13.4. The first kappa shape index (κ1) is 17.2. The fourth-order valence-electron chi connectivity index (χ4n) is 1.49. The van der Waals surface area contributed by atoms with Crippen LogP contribution >= 0.6 is 15.9 Å². The molecule has 1 rings (SSSR count). The molecule has 0 aliphatic heterocycles. The maximum Gasteiger partial charge on any atom is 0.431 e. The van der Waals surface area contributed by atoms with Crippen molar-refractivity contribution in [2.24, 2.45) is 0 Å². The SMILES string of the molecule is OC(CC(F)(C(F)(F)F)C(F)(F)F)c1cccc(Br)c1. The first-order valence-electron chi connectivity index (χ1n) is 5.14. The van der Waals surface area contributed by atoms with Crippen LogP contribution in [-0.2, 0) is 0 Å². The van der Waals surface area contributed by atoms with E-state index in [9.17, 15) is 35.8 Å². The third kappa shape index (κ3) is 3.43. The van der Waals surface area contributed by atoms with Crippen LogP contribution in [0.3, 0.4) is 0 Å². The molecule has 114 valence electrons. The van der Waals surface area contributed by atoms with E-state index in [0.717, 1.165) is 12.1 Å². The largest absolute Gasteiger partial charge is 0.431 e. The number of aliphatic hydroxyl groups excluding tert-OH is 1. The topological polar surface area (TPSA) is 20.2 Å². The number of halogens is 8. The number of rotatable bonds is 3. The highest BCUT2D eigenvalue weighted by molar-refractivity contribution is 9.10. The van der Waals surface area contributed by atoms with Gasteiger partial charge in [0.2, 0.25) is 0 Å². The molecule has 1 atom stereocenters. The van der Waals surface area contributed by atoms with Gasteiger partial charge in [-0.25, -0.2) is 4.39 Å². The molecular weight excluding hydrogens is 361 g/mol. The normalized spacial score (nSPS) is 15.2. The predicted octanol–water partition coefficient (Wildman–Crippen LogP) is 4.71. The first-order chi connectivity index (χ1) is 8.88. The highest BCUT2D eigenvalue weighted by Crippen LogP contribution is 2.50. The fourth-order valence-corrected chi connectivity index (χ4v) is 1.91. The van der Waals surface area contributed by atoms with E-state index in [-0.39, 0.29) is 5.56 Å². The van der Waals surface area contributed by atoms with Crippen molar-refractivity contribution in [3.8, 4) is 0 Å². The number of hydrogen-bond donors (Lipinski definition) is 1. The van der Waals surface area contributed by atoms with E-state index in [4.69, 9.17) is 0 Å². The Morgan fingerprint density at radius 3 is 1.90 bits per heavy atom. The van der Waals surface area contributed by atoms with Gasteiger partial charge in [0.05, 0.1) is 6.10 Å². The van der Waals surface area contributed by atoms with E-state index in [2.05, 4.69) is 15.9 Å². The van der Waals surface area contributed by atoms with Crippen molar-refractivity contribution in [3.05, 3.63) is 34.3 Å². The van der Waals surface area contributed by atoms with Gasteiger partial charge in [-0.3, -0.25) is 0 Å². The zero-order valence-corrected chi connectivity index (χ0v) is 11.2. The maximum atomic E-state index is 13.4. The molecule has 0 aromatic heterocycles. The molecule has 0 amide bonds. The third-order valence-electron chi connectivity index (χ3n) is 2.61. The van der Waals surface area contributed by atoms with Gasteiger partial charge in [-0.1, -0.05) is 28.1 Å². The van der Waals surface area contributed by atoms with Gasteiger partial charge in [-0.15, -0.1) is 0 Å². The summed E-state index contributed by atoms with van der Waals surface area (Å²) >= 11 is 2.94. The summed E-state index contributed by atoms with van der Waals surface area (Å²) in [5.41, 5.74) is -5.73. The smallest absolute Gasteiger partial charge is 0.388 e. The Hall–Kier alpha value is -0.830. The van der Waals surface area contributed by atoms with Crippen LogP contribution in [0.4, 0.5) is 30.7 Å². The molecule has 9 heteroatoms. The van der Waals surface area contributed by atoms with E-state index < -0.39 is 30.5 Å². The number of aliphatic hydroxyl groups is 1. The minimum Gasteiger partial charge on any atom is -0.388 e. The van der Waals surface area contributed by atoms with Gasteiger partial charge in [-0.2, -0.15) is 26.3 Å². The van der Waals surface area contributed by atoms with Crippen molar-refractivity contribution in [3.63, 3.8) is 0 Å². The molecule has 1 N–H and O–H groups in total. The Bertz CT molecular complexity index is 455. The molecule has 0 saturated carbocycles.